The number of carbonyl (C=O) groups is 1. The zero-order chi connectivity index (χ0) is 21.2. The van der Waals surface area contributed by atoms with Crippen LogP contribution in [0.5, 0.6) is 0 Å². The molecule has 5 rings (SSSR count). The Balaban J connectivity index is 1.37. The molecule has 0 aromatic carbocycles. The van der Waals surface area contributed by atoms with Gasteiger partial charge in [0.25, 0.3) is 5.56 Å². The van der Waals surface area contributed by atoms with Crippen LogP contribution in [0.4, 0.5) is 0 Å². The van der Waals surface area contributed by atoms with Crippen LogP contribution in [0, 0.1) is 5.92 Å². The van der Waals surface area contributed by atoms with E-state index in [2.05, 4.69) is 26.3 Å². The first-order valence-electron chi connectivity index (χ1n) is 10.6. The topological polar surface area (TPSA) is 96.2 Å². The van der Waals surface area contributed by atoms with E-state index in [1.54, 1.807) is 35.4 Å². The molecule has 0 aliphatic carbocycles. The number of aromatic nitrogens is 3. The average molecular weight is 419 g/mol. The molecule has 3 aromatic rings. The van der Waals surface area contributed by atoms with Crippen molar-refractivity contribution in [1.82, 2.24) is 24.8 Å². The minimum Gasteiger partial charge on any atom is -0.465 e. The van der Waals surface area contributed by atoms with Gasteiger partial charge in [-0.05, 0) is 30.7 Å². The molecule has 8 nitrogen and oxygen atoms in total. The summed E-state index contributed by atoms with van der Waals surface area (Å²) in [7, 11) is 0. The van der Waals surface area contributed by atoms with Gasteiger partial charge in [0.05, 0.1) is 12.8 Å². The molecule has 2 aliphatic rings. The maximum Gasteiger partial charge on any atom is 0.251 e. The number of rotatable bonds is 6. The van der Waals surface area contributed by atoms with Crippen molar-refractivity contribution in [3.63, 3.8) is 0 Å². The summed E-state index contributed by atoms with van der Waals surface area (Å²) in [5.41, 5.74) is 0.832. The number of imidazole rings is 1. The predicted octanol–water partition coefficient (Wildman–Crippen LogP) is 2.15. The third kappa shape index (κ3) is 3.98. The minimum absolute atomic E-state index is 0.0694. The van der Waals surface area contributed by atoms with Gasteiger partial charge < -0.3 is 14.7 Å². The van der Waals surface area contributed by atoms with Crippen LogP contribution < -0.4 is 10.9 Å². The van der Waals surface area contributed by atoms with Gasteiger partial charge in [0.2, 0.25) is 5.91 Å². The van der Waals surface area contributed by atoms with Gasteiger partial charge in [0, 0.05) is 55.6 Å². The number of H-pyrrole nitrogens is 1. The standard InChI is InChI=1S/C23H25N5O3/c29-21-7-1-6-19-16-12-17(15-27(14-16)10-2-4-18-5-3-11-31-18)22(28(19)21)23(30)26-13-20-24-8-9-25-20/h1-9,11,16-17,22H,10,12-15H2,(H,24,25)(H,26,30)/b4-2+/t16-,17+,22+/m0/s1. The predicted molar refractivity (Wildman–Crippen MR) is 115 cm³/mol. The highest BCUT2D eigenvalue weighted by molar-refractivity contribution is 5.81. The first-order chi connectivity index (χ1) is 15.2. The Kier molecular flexibility index (Phi) is 5.30. The number of pyridine rings is 1. The highest BCUT2D eigenvalue weighted by Gasteiger charge is 2.43. The fourth-order valence-corrected chi connectivity index (χ4v) is 4.89. The lowest BCUT2D eigenvalue weighted by atomic mass is 9.78. The number of nitrogens with zero attached hydrogens (tertiary/aromatic N) is 3. The van der Waals surface area contributed by atoms with Gasteiger partial charge in [0.1, 0.15) is 17.6 Å². The van der Waals surface area contributed by atoms with Gasteiger partial charge in [-0.1, -0.05) is 12.1 Å². The quantitative estimate of drug-likeness (QED) is 0.638. The highest BCUT2D eigenvalue weighted by atomic mass is 16.3. The normalized spacial score (nSPS) is 23.0. The second kappa shape index (κ2) is 8.39. The zero-order valence-electron chi connectivity index (χ0n) is 17.1. The monoisotopic (exact) mass is 419 g/mol. The number of likely N-dealkylation sites (tertiary alicyclic amines) is 1. The van der Waals surface area contributed by atoms with E-state index < -0.39 is 6.04 Å². The second-order valence-corrected chi connectivity index (χ2v) is 8.19. The molecule has 1 fully saturated rings. The van der Waals surface area contributed by atoms with Crippen LogP contribution in [0.15, 0.2) is 64.3 Å². The molecule has 0 unspecified atom stereocenters. The molecule has 0 saturated carbocycles. The first kappa shape index (κ1) is 19.6. The molecule has 0 spiro atoms. The van der Waals surface area contributed by atoms with E-state index in [0.717, 1.165) is 37.5 Å². The Morgan fingerprint density at radius 3 is 3.03 bits per heavy atom. The molecule has 8 heteroatoms. The van der Waals surface area contributed by atoms with Crippen LogP contribution in [0.3, 0.4) is 0 Å². The van der Waals surface area contributed by atoms with E-state index >= 15 is 0 Å². The molecular formula is C23H25N5O3. The molecule has 2 bridgehead atoms. The van der Waals surface area contributed by atoms with E-state index in [1.807, 2.05) is 24.3 Å². The minimum atomic E-state index is -0.522. The number of carbonyl (C=O) groups excluding carboxylic acids is 1. The third-order valence-corrected chi connectivity index (χ3v) is 6.17. The van der Waals surface area contributed by atoms with Crippen molar-refractivity contribution >= 4 is 12.0 Å². The van der Waals surface area contributed by atoms with Crippen molar-refractivity contribution < 1.29 is 9.21 Å². The molecule has 3 atom stereocenters. The van der Waals surface area contributed by atoms with E-state index in [4.69, 9.17) is 4.42 Å². The Hall–Kier alpha value is -3.39. The van der Waals surface area contributed by atoms with Gasteiger partial charge >= 0.3 is 0 Å². The molecule has 1 amide bonds. The first-order valence-corrected chi connectivity index (χ1v) is 10.6. The number of aromatic amines is 1. The highest BCUT2D eigenvalue weighted by Crippen LogP contribution is 2.41. The van der Waals surface area contributed by atoms with E-state index in [-0.39, 0.29) is 23.3 Å². The van der Waals surface area contributed by atoms with Crippen molar-refractivity contribution in [1.29, 1.82) is 0 Å². The number of furan rings is 1. The number of amides is 1. The largest absolute Gasteiger partial charge is 0.465 e. The van der Waals surface area contributed by atoms with Crippen LogP contribution in [0.25, 0.3) is 6.08 Å². The molecule has 160 valence electrons. The summed E-state index contributed by atoms with van der Waals surface area (Å²) in [6, 6.07) is 8.59. The average Bonchev–Trinajstić information content (AvgIpc) is 3.47. The molecule has 1 saturated heterocycles. The Labute approximate surface area is 179 Å². The molecular weight excluding hydrogens is 394 g/mol. The summed E-state index contributed by atoms with van der Waals surface area (Å²) in [4.78, 5) is 35.5. The SMILES string of the molecule is O=C(NCc1ncc[nH]1)[C@H]1[C@@H]2C[C@@H](CN(C/C=C/c3ccco3)C2)c2cccc(=O)n21. The van der Waals surface area contributed by atoms with Crippen LogP contribution in [-0.2, 0) is 11.3 Å². The van der Waals surface area contributed by atoms with Crippen molar-refractivity contribution in [3.05, 3.63) is 82.7 Å². The van der Waals surface area contributed by atoms with Crippen molar-refractivity contribution in [3.8, 4) is 0 Å². The summed E-state index contributed by atoms with van der Waals surface area (Å²) in [6.07, 6.45) is 10.00. The number of piperidine rings is 1. The molecule has 5 heterocycles. The van der Waals surface area contributed by atoms with Crippen LogP contribution in [-0.4, -0.2) is 45.0 Å². The van der Waals surface area contributed by atoms with Gasteiger partial charge in [-0.15, -0.1) is 0 Å². The molecule has 2 N–H and O–H groups in total. The van der Waals surface area contributed by atoms with Crippen molar-refractivity contribution in [2.24, 2.45) is 5.92 Å². The summed E-state index contributed by atoms with van der Waals surface area (Å²) in [5.74, 6) is 1.68. The lowest BCUT2D eigenvalue weighted by Gasteiger charge is -2.46. The zero-order valence-corrected chi connectivity index (χ0v) is 17.1. The summed E-state index contributed by atoms with van der Waals surface area (Å²) < 4.78 is 7.07. The third-order valence-electron chi connectivity index (χ3n) is 6.17. The van der Waals surface area contributed by atoms with E-state index in [0.29, 0.717) is 12.4 Å². The maximum atomic E-state index is 13.2. The van der Waals surface area contributed by atoms with Crippen molar-refractivity contribution in [2.45, 2.75) is 24.9 Å². The second-order valence-electron chi connectivity index (χ2n) is 8.19. The van der Waals surface area contributed by atoms with Crippen LogP contribution in [0.2, 0.25) is 0 Å². The smallest absolute Gasteiger partial charge is 0.251 e. The molecule has 3 aromatic heterocycles. The van der Waals surface area contributed by atoms with E-state index in [9.17, 15) is 9.59 Å². The van der Waals surface area contributed by atoms with E-state index in [1.165, 1.54) is 0 Å². The Morgan fingerprint density at radius 2 is 2.23 bits per heavy atom. The molecule has 0 radical (unpaired) electrons. The Morgan fingerprint density at radius 1 is 1.29 bits per heavy atom. The van der Waals surface area contributed by atoms with Gasteiger partial charge in [-0.25, -0.2) is 4.98 Å². The van der Waals surface area contributed by atoms with Crippen LogP contribution >= 0.6 is 0 Å². The number of nitrogens with one attached hydrogen (secondary N) is 2. The van der Waals surface area contributed by atoms with Gasteiger partial charge in [0.15, 0.2) is 0 Å². The number of hydrogen-bond donors (Lipinski definition) is 2. The lowest BCUT2D eigenvalue weighted by Crippen LogP contribution is -2.53. The summed E-state index contributed by atoms with van der Waals surface area (Å²) in [5, 5.41) is 2.97. The van der Waals surface area contributed by atoms with Crippen molar-refractivity contribution in [2.75, 3.05) is 19.6 Å². The number of fused-ring (bicyclic) bond motifs is 4. The lowest BCUT2D eigenvalue weighted by molar-refractivity contribution is -0.127. The fraction of sp³-hybridized carbons (Fsp3) is 0.348. The van der Waals surface area contributed by atoms with Crippen LogP contribution in [0.1, 0.15) is 35.7 Å². The molecule has 2 aliphatic heterocycles. The fourth-order valence-electron chi connectivity index (χ4n) is 4.89. The maximum absolute atomic E-state index is 13.2. The van der Waals surface area contributed by atoms with Gasteiger partial charge in [-0.2, -0.15) is 0 Å². The molecule has 31 heavy (non-hydrogen) atoms. The Bertz CT molecular complexity index is 1120. The van der Waals surface area contributed by atoms with Gasteiger partial charge in [-0.3, -0.25) is 19.1 Å². The number of hydrogen-bond acceptors (Lipinski definition) is 5. The summed E-state index contributed by atoms with van der Waals surface area (Å²) >= 11 is 0. The summed E-state index contributed by atoms with van der Waals surface area (Å²) in [6.45, 7) is 2.71.